The number of carbonyl (C=O) groups excluding carboxylic acids is 1. The van der Waals surface area contributed by atoms with Gasteiger partial charge >= 0.3 is 0 Å². The Morgan fingerprint density at radius 3 is 2.36 bits per heavy atom. The van der Waals surface area contributed by atoms with Crippen molar-refractivity contribution in [2.75, 3.05) is 5.75 Å². The third-order valence-corrected chi connectivity index (χ3v) is 8.85. The van der Waals surface area contributed by atoms with Gasteiger partial charge in [0.25, 0.3) is 5.91 Å². The first-order valence-electron chi connectivity index (χ1n) is 14.6. The number of aliphatic hydroxyl groups excluding tert-OH is 1. The molecule has 3 N–H and O–H groups in total. The van der Waals surface area contributed by atoms with Crippen molar-refractivity contribution >= 4 is 17.7 Å². The number of aromatic amines is 1. The summed E-state index contributed by atoms with van der Waals surface area (Å²) < 4.78 is 13.2. The fraction of sp³-hybridized carbons (Fsp3) is 0.229. The molecule has 1 aliphatic rings. The molecule has 1 fully saturated rings. The minimum Gasteiger partial charge on any atom is -0.392 e. The molecule has 1 aromatic heterocycles. The van der Waals surface area contributed by atoms with Gasteiger partial charge in [-0.15, -0.1) is 0 Å². The van der Waals surface area contributed by atoms with Crippen LogP contribution in [0.4, 0.5) is 0 Å². The smallest absolute Gasteiger partial charge is 0.251 e. The average Bonchev–Trinajstić information content (AvgIpc) is 3.61. The number of aromatic nitrogens is 3. The quantitative estimate of drug-likeness (QED) is 0.156. The van der Waals surface area contributed by atoms with E-state index in [9.17, 15) is 9.90 Å². The summed E-state index contributed by atoms with van der Waals surface area (Å²) >= 11 is 1.57. The number of nitrogens with one attached hydrogen (secondary N) is 2. The van der Waals surface area contributed by atoms with Gasteiger partial charge in [0.05, 0.1) is 18.8 Å². The van der Waals surface area contributed by atoms with Crippen LogP contribution in [0.1, 0.15) is 51.9 Å². The molecule has 4 aromatic carbocycles. The van der Waals surface area contributed by atoms with E-state index in [0.29, 0.717) is 17.9 Å². The van der Waals surface area contributed by atoms with Gasteiger partial charge in [0.1, 0.15) is 6.33 Å². The molecule has 224 valence electrons. The van der Waals surface area contributed by atoms with Gasteiger partial charge in [-0.1, -0.05) is 110 Å². The van der Waals surface area contributed by atoms with Crippen LogP contribution in [0.3, 0.4) is 0 Å². The van der Waals surface area contributed by atoms with Crippen LogP contribution >= 0.6 is 11.8 Å². The topological polar surface area (TPSA) is 109 Å². The molecule has 44 heavy (non-hydrogen) atoms. The van der Waals surface area contributed by atoms with E-state index in [0.717, 1.165) is 38.5 Å². The molecule has 0 radical (unpaired) electrons. The summed E-state index contributed by atoms with van der Waals surface area (Å²) in [5.74, 6) is 0.647. The number of H-pyrrole nitrogens is 1. The minimum absolute atomic E-state index is 0.00157. The fourth-order valence-electron chi connectivity index (χ4n) is 5.38. The van der Waals surface area contributed by atoms with Gasteiger partial charge in [0.2, 0.25) is 0 Å². The molecule has 0 bridgehead atoms. The van der Waals surface area contributed by atoms with Crippen LogP contribution in [0.15, 0.2) is 115 Å². The van der Waals surface area contributed by atoms with Crippen molar-refractivity contribution in [1.29, 1.82) is 0 Å². The molecule has 0 aliphatic carbocycles. The monoisotopic (exact) mass is 606 g/mol. The predicted molar refractivity (Wildman–Crippen MR) is 170 cm³/mol. The third kappa shape index (κ3) is 6.92. The van der Waals surface area contributed by atoms with Gasteiger partial charge in [0.15, 0.2) is 11.4 Å². The molecule has 4 unspecified atom stereocenters. The number of carbonyl (C=O) groups is 1. The van der Waals surface area contributed by atoms with Crippen molar-refractivity contribution in [2.45, 2.75) is 43.7 Å². The Labute approximate surface area is 260 Å². The van der Waals surface area contributed by atoms with Crippen LogP contribution in [-0.2, 0) is 22.6 Å². The normalized spacial score (nSPS) is 19.9. The number of hydrogen-bond acceptors (Lipinski definition) is 7. The first-order valence-corrected chi connectivity index (χ1v) is 15.6. The van der Waals surface area contributed by atoms with Crippen LogP contribution in [0, 0.1) is 5.92 Å². The first kappa shape index (κ1) is 29.8. The first-order chi connectivity index (χ1) is 21.6. The summed E-state index contributed by atoms with van der Waals surface area (Å²) in [7, 11) is 0. The highest BCUT2D eigenvalue weighted by Gasteiger charge is 2.38. The lowest BCUT2D eigenvalue weighted by Gasteiger charge is -2.41. The second kappa shape index (κ2) is 14.0. The number of ether oxygens (including phenoxy) is 2. The maximum atomic E-state index is 12.6. The van der Waals surface area contributed by atoms with Gasteiger partial charge < -0.3 is 19.9 Å². The molecular weight excluding hydrogens is 572 g/mol. The molecule has 1 saturated heterocycles. The van der Waals surface area contributed by atoms with E-state index < -0.39 is 6.29 Å². The minimum atomic E-state index is -0.566. The molecule has 0 saturated carbocycles. The van der Waals surface area contributed by atoms with E-state index in [4.69, 9.17) is 9.47 Å². The van der Waals surface area contributed by atoms with Crippen LogP contribution in [0.5, 0.6) is 0 Å². The number of aliphatic hydroxyl groups is 1. The van der Waals surface area contributed by atoms with Crippen molar-refractivity contribution in [3.05, 3.63) is 137 Å². The van der Waals surface area contributed by atoms with Gasteiger partial charge in [0, 0.05) is 29.3 Å². The van der Waals surface area contributed by atoms with Crippen LogP contribution in [0.25, 0.3) is 11.1 Å². The summed E-state index contributed by atoms with van der Waals surface area (Å²) in [4.78, 5) is 16.9. The lowest BCUT2D eigenvalue weighted by atomic mass is 9.91. The van der Waals surface area contributed by atoms with Crippen molar-refractivity contribution in [3.63, 3.8) is 0 Å². The largest absolute Gasteiger partial charge is 0.392 e. The summed E-state index contributed by atoms with van der Waals surface area (Å²) in [6.45, 7) is 2.56. The number of thioether (sulfide) groups is 1. The lowest BCUT2D eigenvalue weighted by molar-refractivity contribution is -0.268. The fourth-order valence-corrected chi connectivity index (χ4v) is 6.32. The van der Waals surface area contributed by atoms with Crippen LogP contribution in [-0.4, -0.2) is 38.1 Å². The van der Waals surface area contributed by atoms with Crippen molar-refractivity contribution in [1.82, 2.24) is 20.5 Å². The Bertz CT molecular complexity index is 1650. The highest BCUT2D eigenvalue weighted by Crippen LogP contribution is 2.43. The van der Waals surface area contributed by atoms with Gasteiger partial charge in [-0.2, -0.15) is 5.10 Å². The molecular formula is C35H34N4O4S. The Morgan fingerprint density at radius 2 is 1.64 bits per heavy atom. The molecule has 5 aromatic rings. The van der Waals surface area contributed by atoms with Gasteiger partial charge in [-0.3, -0.25) is 9.89 Å². The summed E-state index contributed by atoms with van der Waals surface area (Å²) in [5, 5.41) is 20.2. The maximum Gasteiger partial charge on any atom is 0.251 e. The van der Waals surface area contributed by atoms with Gasteiger partial charge in [-0.05, 0) is 39.9 Å². The van der Waals surface area contributed by atoms with E-state index in [1.54, 1.807) is 11.8 Å². The molecule has 1 aliphatic heterocycles. The molecule has 9 heteroatoms. The summed E-state index contributed by atoms with van der Waals surface area (Å²) in [5.41, 5.74) is 6.57. The SMILES string of the molecule is CC1C(CSc2ncn[nH]2)OC(c2ccc(-c3ccccc3CNC(=O)c3ccccc3)cc2)OC1c1ccc(CO)cc1. The predicted octanol–water partition coefficient (Wildman–Crippen LogP) is 6.48. The maximum absolute atomic E-state index is 12.6. The standard InChI is InChI=1S/C35H34N4O4S/c1-23-31(21-44-35-37-22-38-39-35)42-34(43-32(23)26-13-11-24(20-40)12-14-26)28-17-15-25(16-18-28)30-10-6-5-9-29(30)19-36-33(41)27-7-3-2-4-8-27/h2-18,22-23,31-32,34,40H,19-21H2,1H3,(H,36,41)(H,37,38,39). The second-order valence-electron chi connectivity index (χ2n) is 10.8. The molecule has 8 nitrogen and oxygen atoms in total. The molecule has 2 heterocycles. The van der Waals surface area contributed by atoms with Crippen LogP contribution in [0.2, 0.25) is 0 Å². The number of hydrogen-bond donors (Lipinski definition) is 3. The Hall–Kier alpha value is -4.28. The summed E-state index contributed by atoms with van der Waals surface area (Å²) in [6, 6.07) is 33.5. The lowest BCUT2D eigenvalue weighted by Crippen LogP contribution is -2.38. The summed E-state index contributed by atoms with van der Waals surface area (Å²) in [6.07, 6.45) is 0.626. The van der Waals surface area contributed by atoms with E-state index in [1.807, 2.05) is 84.9 Å². The molecule has 4 atom stereocenters. The zero-order valence-corrected chi connectivity index (χ0v) is 25.1. The van der Waals surface area contributed by atoms with Crippen molar-refractivity contribution < 1.29 is 19.4 Å². The molecule has 6 rings (SSSR count). The van der Waals surface area contributed by atoms with Crippen molar-refractivity contribution in [2.24, 2.45) is 5.92 Å². The number of nitrogens with zero attached hydrogens (tertiary/aromatic N) is 2. The average molecular weight is 607 g/mol. The third-order valence-electron chi connectivity index (χ3n) is 7.89. The van der Waals surface area contributed by atoms with E-state index in [2.05, 4.69) is 45.6 Å². The number of amides is 1. The van der Waals surface area contributed by atoms with E-state index >= 15 is 0 Å². The molecule has 0 spiro atoms. The molecule has 1 amide bonds. The highest BCUT2D eigenvalue weighted by atomic mass is 32.2. The zero-order valence-electron chi connectivity index (χ0n) is 24.3. The number of benzene rings is 4. The van der Waals surface area contributed by atoms with Gasteiger partial charge in [-0.25, -0.2) is 4.98 Å². The Balaban J connectivity index is 1.21. The van der Waals surface area contributed by atoms with Crippen molar-refractivity contribution in [3.8, 4) is 11.1 Å². The second-order valence-corrected chi connectivity index (χ2v) is 11.8. The van der Waals surface area contributed by atoms with E-state index in [1.165, 1.54) is 6.33 Å². The zero-order chi connectivity index (χ0) is 30.3. The Morgan fingerprint density at radius 1 is 0.909 bits per heavy atom. The van der Waals surface area contributed by atoms with Crippen LogP contribution < -0.4 is 5.32 Å². The highest BCUT2D eigenvalue weighted by molar-refractivity contribution is 7.99. The Kier molecular flexibility index (Phi) is 9.48. The van der Waals surface area contributed by atoms with E-state index in [-0.39, 0.29) is 30.6 Å². The number of rotatable bonds is 10.